The molecule has 2 aromatic carbocycles. The number of methoxy groups -OCH3 is 1. The molecule has 0 radical (unpaired) electrons. The molecular formula is C17H17NO3. The Morgan fingerprint density at radius 2 is 1.81 bits per heavy atom. The predicted octanol–water partition coefficient (Wildman–Crippen LogP) is 2.66. The van der Waals surface area contributed by atoms with Crippen LogP contribution in [0, 0.1) is 0 Å². The van der Waals surface area contributed by atoms with Gasteiger partial charge in [0.15, 0.2) is 18.1 Å². The molecule has 0 aromatic heterocycles. The van der Waals surface area contributed by atoms with Crippen LogP contribution in [0.15, 0.2) is 48.5 Å². The third-order valence-corrected chi connectivity index (χ3v) is 3.61. The van der Waals surface area contributed by atoms with E-state index in [1.165, 1.54) is 5.56 Å². The lowest BCUT2D eigenvalue weighted by Crippen LogP contribution is -2.33. The minimum absolute atomic E-state index is 0.00864. The van der Waals surface area contributed by atoms with Gasteiger partial charge < -0.3 is 14.4 Å². The molecule has 21 heavy (non-hydrogen) atoms. The number of nitrogens with zero attached hydrogens (tertiary/aromatic N) is 1. The summed E-state index contributed by atoms with van der Waals surface area (Å²) in [5.41, 5.74) is 2.20. The molecule has 0 unspecified atom stereocenters. The molecule has 1 aliphatic heterocycles. The highest BCUT2D eigenvalue weighted by molar-refractivity contribution is 5.96. The number of carbonyl (C=O) groups is 1. The van der Waals surface area contributed by atoms with Crippen LogP contribution < -0.4 is 14.4 Å². The Bertz CT molecular complexity index is 654. The lowest BCUT2D eigenvalue weighted by molar-refractivity contribution is -0.120. The average Bonchev–Trinajstić information content (AvgIpc) is 2.97. The smallest absolute Gasteiger partial charge is 0.264 e. The summed E-state index contributed by atoms with van der Waals surface area (Å²) in [6.45, 7) is 0.724. The summed E-state index contributed by atoms with van der Waals surface area (Å²) in [4.78, 5) is 14.1. The van der Waals surface area contributed by atoms with Gasteiger partial charge in [0.25, 0.3) is 5.91 Å². The van der Waals surface area contributed by atoms with Crippen molar-refractivity contribution in [3.63, 3.8) is 0 Å². The van der Waals surface area contributed by atoms with Gasteiger partial charge in [-0.3, -0.25) is 4.79 Å². The first-order valence-electron chi connectivity index (χ1n) is 6.93. The molecule has 108 valence electrons. The van der Waals surface area contributed by atoms with E-state index in [2.05, 4.69) is 6.07 Å². The Hall–Kier alpha value is -2.49. The maximum atomic E-state index is 12.3. The molecule has 1 heterocycles. The Balaban J connectivity index is 1.68. The van der Waals surface area contributed by atoms with Crippen LogP contribution in [0.5, 0.6) is 11.5 Å². The standard InChI is InChI=1S/C17H17NO3/c1-20-15-8-4-5-9-16(15)21-12-17(19)18-11-10-13-6-2-3-7-14(13)18/h2-9H,10-12H2,1H3. The Labute approximate surface area is 123 Å². The number of rotatable bonds is 4. The molecule has 2 aromatic rings. The molecule has 0 saturated carbocycles. The second-order valence-electron chi connectivity index (χ2n) is 4.86. The average molecular weight is 283 g/mol. The van der Waals surface area contributed by atoms with Crippen molar-refractivity contribution >= 4 is 11.6 Å². The highest BCUT2D eigenvalue weighted by Crippen LogP contribution is 2.29. The molecule has 1 aliphatic rings. The van der Waals surface area contributed by atoms with Crippen molar-refractivity contribution < 1.29 is 14.3 Å². The first kappa shape index (κ1) is 13.5. The first-order valence-corrected chi connectivity index (χ1v) is 6.93. The van der Waals surface area contributed by atoms with E-state index >= 15 is 0 Å². The van der Waals surface area contributed by atoms with E-state index in [0.29, 0.717) is 18.0 Å². The number of ether oxygens (including phenoxy) is 2. The number of para-hydroxylation sites is 3. The van der Waals surface area contributed by atoms with Crippen LogP contribution in [0.2, 0.25) is 0 Å². The van der Waals surface area contributed by atoms with Crippen LogP contribution in [-0.2, 0) is 11.2 Å². The fourth-order valence-electron chi connectivity index (χ4n) is 2.55. The number of hydrogen-bond donors (Lipinski definition) is 0. The van der Waals surface area contributed by atoms with Gasteiger partial charge in [0.05, 0.1) is 7.11 Å². The molecule has 0 bridgehead atoms. The molecule has 0 N–H and O–H groups in total. The summed E-state index contributed by atoms with van der Waals surface area (Å²) in [5, 5.41) is 0. The van der Waals surface area contributed by atoms with Gasteiger partial charge >= 0.3 is 0 Å². The lowest BCUT2D eigenvalue weighted by Gasteiger charge is -2.18. The van der Waals surface area contributed by atoms with Crippen molar-refractivity contribution in [3.8, 4) is 11.5 Å². The molecule has 0 atom stereocenters. The van der Waals surface area contributed by atoms with Gasteiger partial charge in [-0.15, -0.1) is 0 Å². The van der Waals surface area contributed by atoms with E-state index in [1.807, 2.05) is 36.4 Å². The monoisotopic (exact) mass is 283 g/mol. The fraction of sp³-hybridized carbons (Fsp3) is 0.235. The number of carbonyl (C=O) groups excluding carboxylic acids is 1. The van der Waals surface area contributed by atoms with Crippen molar-refractivity contribution in [2.75, 3.05) is 25.2 Å². The van der Waals surface area contributed by atoms with Gasteiger partial charge in [0.1, 0.15) is 0 Å². The van der Waals surface area contributed by atoms with E-state index in [9.17, 15) is 4.79 Å². The molecule has 4 heteroatoms. The van der Waals surface area contributed by atoms with E-state index in [1.54, 1.807) is 18.1 Å². The first-order chi connectivity index (χ1) is 10.3. The van der Waals surface area contributed by atoms with Crippen LogP contribution >= 0.6 is 0 Å². The van der Waals surface area contributed by atoms with Crippen molar-refractivity contribution in [3.05, 3.63) is 54.1 Å². The van der Waals surface area contributed by atoms with Crippen molar-refractivity contribution in [2.45, 2.75) is 6.42 Å². The summed E-state index contributed by atoms with van der Waals surface area (Å²) in [6.07, 6.45) is 0.899. The van der Waals surface area contributed by atoms with E-state index in [-0.39, 0.29) is 12.5 Å². The molecule has 0 saturated heterocycles. The second-order valence-corrected chi connectivity index (χ2v) is 4.86. The summed E-state index contributed by atoms with van der Waals surface area (Å²) >= 11 is 0. The Kier molecular flexibility index (Phi) is 3.77. The minimum atomic E-state index is -0.0362. The highest BCUT2D eigenvalue weighted by atomic mass is 16.5. The second kappa shape index (κ2) is 5.87. The Morgan fingerprint density at radius 3 is 2.62 bits per heavy atom. The van der Waals surface area contributed by atoms with E-state index < -0.39 is 0 Å². The molecule has 0 spiro atoms. The maximum Gasteiger partial charge on any atom is 0.264 e. The number of benzene rings is 2. The van der Waals surface area contributed by atoms with E-state index in [0.717, 1.165) is 12.1 Å². The van der Waals surface area contributed by atoms with Crippen molar-refractivity contribution in [2.24, 2.45) is 0 Å². The summed E-state index contributed by atoms with van der Waals surface area (Å²) in [7, 11) is 1.58. The number of anilines is 1. The fourth-order valence-corrected chi connectivity index (χ4v) is 2.55. The molecule has 0 aliphatic carbocycles. The molecule has 3 rings (SSSR count). The zero-order valence-electron chi connectivity index (χ0n) is 11.9. The van der Waals surface area contributed by atoms with Gasteiger partial charge in [-0.05, 0) is 30.2 Å². The molecule has 1 amide bonds. The van der Waals surface area contributed by atoms with Gasteiger partial charge in [-0.1, -0.05) is 30.3 Å². The lowest BCUT2D eigenvalue weighted by atomic mass is 10.2. The minimum Gasteiger partial charge on any atom is -0.493 e. The van der Waals surface area contributed by atoms with Crippen LogP contribution in [-0.4, -0.2) is 26.2 Å². The SMILES string of the molecule is COc1ccccc1OCC(=O)N1CCc2ccccc21. The van der Waals surface area contributed by atoms with Crippen LogP contribution in [0.25, 0.3) is 0 Å². The maximum absolute atomic E-state index is 12.3. The zero-order chi connectivity index (χ0) is 14.7. The summed E-state index contributed by atoms with van der Waals surface area (Å²) in [6, 6.07) is 15.3. The Morgan fingerprint density at radius 1 is 1.10 bits per heavy atom. The van der Waals surface area contributed by atoms with Crippen molar-refractivity contribution in [1.82, 2.24) is 0 Å². The van der Waals surface area contributed by atoms with Gasteiger partial charge in [-0.25, -0.2) is 0 Å². The number of amides is 1. The summed E-state index contributed by atoms with van der Waals surface area (Å²) < 4.78 is 10.8. The number of fused-ring (bicyclic) bond motifs is 1. The predicted molar refractivity (Wildman–Crippen MR) is 81.0 cm³/mol. The molecule has 0 fully saturated rings. The van der Waals surface area contributed by atoms with Gasteiger partial charge in [0.2, 0.25) is 0 Å². The number of hydrogen-bond acceptors (Lipinski definition) is 3. The van der Waals surface area contributed by atoms with Gasteiger partial charge in [-0.2, -0.15) is 0 Å². The van der Waals surface area contributed by atoms with Crippen LogP contribution in [0.3, 0.4) is 0 Å². The molecular weight excluding hydrogens is 266 g/mol. The van der Waals surface area contributed by atoms with E-state index in [4.69, 9.17) is 9.47 Å². The zero-order valence-corrected chi connectivity index (χ0v) is 11.9. The molecule has 4 nitrogen and oxygen atoms in total. The topological polar surface area (TPSA) is 38.8 Å². The third-order valence-electron chi connectivity index (χ3n) is 3.61. The van der Waals surface area contributed by atoms with Crippen molar-refractivity contribution in [1.29, 1.82) is 0 Å². The van der Waals surface area contributed by atoms with Crippen LogP contribution in [0.1, 0.15) is 5.56 Å². The highest BCUT2D eigenvalue weighted by Gasteiger charge is 2.24. The normalized spacial score (nSPS) is 12.9. The summed E-state index contributed by atoms with van der Waals surface area (Å²) in [5.74, 6) is 1.18. The third kappa shape index (κ3) is 2.70. The largest absolute Gasteiger partial charge is 0.493 e. The van der Waals surface area contributed by atoms with Crippen LogP contribution in [0.4, 0.5) is 5.69 Å². The van der Waals surface area contributed by atoms with Gasteiger partial charge in [0, 0.05) is 12.2 Å². The quantitative estimate of drug-likeness (QED) is 0.866.